The number of anilines is 1. The highest BCUT2D eigenvalue weighted by atomic mass is 19.4. The second kappa shape index (κ2) is 6.07. The average Bonchev–Trinajstić information content (AvgIpc) is 3.01. The van der Waals surface area contributed by atoms with E-state index in [2.05, 4.69) is 10.1 Å². The third-order valence-corrected chi connectivity index (χ3v) is 4.56. The van der Waals surface area contributed by atoms with Crippen LogP contribution in [0.4, 0.5) is 19.0 Å². The molecule has 1 aliphatic rings. The maximum Gasteiger partial charge on any atom is 0.435 e. The molecule has 2 aromatic heterocycles. The van der Waals surface area contributed by atoms with Gasteiger partial charge in [-0.3, -0.25) is 4.79 Å². The number of rotatable bonds is 4. The zero-order valence-electron chi connectivity index (χ0n) is 13.3. The lowest BCUT2D eigenvalue weighted by atomic mass is 9.96. The molecule has 0 saturated heterocycles. The Morgan fingerprint density at radius 2 is 2.12 bits per heavy atom. The Morgan fingerprint density at radius 1 is 1.38 bits per heavy atom. The Balaban J connectivity index is 1.98. The number of nitrogens with zero attached hydrogens (tertiary/aromatic N) is 3. The molecule has 0 amide bonds. The van der Waals surface area contributed by atoms with Crippen molar-refractivity contribution in [2.24, 2.45) is 11.8 Å². The van der Waals surface area contributed by atoms with Crippen LogP contribution in [0, 0.1) is 11.8 Å². The normalized spacial score (nSPS) is 21.8. The van der Waals surface area contributed by atoms with Crippen LogP contribution >= 0.6 is 0 Å². The molecule has 2 N–H and O–H groups in total. The van der Waals surface area contributed by atoms with E-state index in [0.717, 1.165) is 17.4 Å². The van der Waals surface area contributed by atoms with Crippen LogP contribution < -0.4 is 5.73 Å². The number of Topliss-reactive ketones (excluding diaryl/α,β-unsaturated/α-hetero) is 1. The number of nitrogen functional groups attached to an aromatic ring is 1. The number of carbonyl (C=O) groups excluding carboxylic acids is 1. The quantitative estimate of drug-likeness (QED) is 0.927. The van der Waals surface area contributed by atoms with Crippen molar-refractivity contribution in [2.45, 2.75) is 45.2 Å². The summed E-state index contributed by atoms with van der Waals surface area (Å²) in [4.78, 5) is 15.8. The van der Waals surface area contributed by atoms with Gasteiger partial charge in [0.25, 0.3) is 0 Å². The van der Waals surface area contributed by atoms with Crippen LogP contribution in [0.3, 0.4) is 0 Å². The highest BCUT2D eigenvalue weighted by Gasteiger charge is 2.40. The maximum atomic E-state index is 13.3. The SMILES string of the molecule is CCCC1CC(=O)C(Cc2c(C(F)(F)F)nc3ccc(N)nn23)C1. The number of fused-ring (bicyclic) bond motifs is 1. The van der Waals surface area contributed by atoms with E-state index in [1.807, 2.05) is 6.92 Å². The molecule has 8 heteroatoms. The van der Waals surface area contributed by atoms with Gasteiger partial charge in [-0.25, -0.2) is 9.50 Å². The standard InChI is InChI=1S/C16H19F3N4O/c1-2-3-9-6-10(12(24)7-9)8-11-15(16(17,18)19)21-14-5-4-13(20)22-23(11)14/h4-5,9-10H,2-3,6-8H2,1H3,(H2,20,22). The molecule has 1 saturated carbocycles. The van der Waals surface area contributed by atoms with Crippen LogP contribution in [-0.4, -0.2) is 20.4 Å². The minimum Gasteiger partial charge on any atom is -0.382 e. The Kier molecular flexibility index (Phi) is 4.23. The topological polar surface area (TPSA) is 73.3 Å². The third kappa shape index (κ3) is 3.09. The molecular formula is C16H19F3N4O. The van der Waals surface area contributed by atoms with E-state index < -0.39 is 17.8 Å². The lowest BCUT2D eigenvalue weighted by molar-refractivity contribution is -0.141. The number of aromatic nitrogens is 3. The molecule has 2 unspecified atom stereocenters. The molecule has 0 aliphatic heterocycles. The van der Waals surface area contributed by atoms with Crippen LogP contribution in [0.25, 0.3) is 5.65 Å². The van der Waals surface area contributed by atoms with E-state index in [1.54, 1.807) is 0 Å². The summed E-state index contributed by atoms with van der Waals surface area (Å²) in [5, 5.41) is 3.95. The van der Waals surface area contributed by atoms with Gasteiger partial charge < -0.3 is 5.73 Å². The minimum atomic E-state index is -4.59. The van der Waals surface area contributed by atoms with E-state index >= 15 is 0 Å². The summed E-state index contributed by atoms with van der Waals surface area (Å²) in [6.07, 6.45) is -1.64. The molecule has 5 nitrogen and oxygen atoms in total. The van der Waals surface area contributed by atoms with Crippen LogP contribution in [0.5, 0.6) is 0 Å². The summed E-state index contributed by atoms with van der Waals surface area (Å²) in [6, 6.07) is 2.81. The lowest BCUT2D eigenvalue weighted by Gasteiger charge is -2.12. The molecule has 130 valence electrons. The van der Waals surface area contributed by atoms with Crippen molar-refractivity contribution in [3.63, 3.8) is 0 Å². The summed E-state index contributed by atoms with van der Waals surface area (Å²) in [5.74, 6) is -0.0123. The number of alkyl halides is 3. The first-order valence-electron chi connectivity index (χ1n) is 8.03. The van der Waals surface area contributed by atoms with E-state index in [4.69, 9.17) is 5.73 Å². The largest absolute Gasteiger partial charge is 0.435 e. The minimum absolute atomic E-state index is 0.00842. The fourth-order valence-electron chi connectivity index (χ4n) is 3.53. The van der Waals surface area contributed by atoms with Crippen molar-refractivity contribution in [2.75, 3.05) is 5.73 Å². The highest BCUT2D eigenvalue weighted by molar-refractivity contribution is 5.83. The van der Waals surface area contributed by atoms with Crippen LogP contribution in [0.15, 0.2) is 12.1 Å². The van der Waals surface area contributed by atoms with Gasteiger partial charge in [0, 0.05) is 18.8 Å². The molecule has 0 radical (unpaired) electrons. The zero-order valence-corrected chi connectivity index (χ0v) is 13.3. The predicted octanol–water partition coefficient (Wildman–Crippen LogP) is 3.27. The Hall–Kier alpha value is -2.12. The molecule has 1 aliphatic carbocycles. The molecule has 3 rings (SSSR count). The Labute approximate surface area is 137 Å². The summed E-state index contributed by atoms with van der Waals surface area (Å²) in [7, 11) is 0. The Morgan fingerprint density at radius 3 is 2.79 bits per heavy atom. The number of ketones is 1. The number of hydrogen-bond acceptors (Lipinski definition) is 4. The fraction of sp³-hybridized carbons (Fsp3) is 0.562. The van der Waals surface area contributed by atoms with Crippen molar-refractivity contribution >= 4 is 17.2 Å². The number of imidazole rings is 1. The first-order chi connectivity index (χ1) is 11.3. The second-order valence-corrected chi connectivity index (χ2v) is 6.39. The summed E-state index contributed by atoms with van der Waals surface area (Å²) in [5.41, 5.74) is 4.62. The van der Waals surface area contributed by atoms with Crippen LogP contribution in [-0.2, 0) is 17.4 Å². The van der Waals surface area contributed by atoms with Gasteiger partial charge in [0.05, 0.1) is 5.69 Å². The van der Waals surface area contributed by atoms with Gasteiger partial charge in [0.2, 0.25) is 0 Å². The number of hydrogen-bond donors (Lipinski definition) is 1. The van der Waals surface area contributed by atoms with Crippen molar-refractivity contribution in [1.82, 2.24) is 14.6 Å². The predicted molar refractivity (Wildman–Crippen MR) is 82.2 cm³/mol. The molecule has 0 bridgehead atoms. The first-order valence-corrected chi connectivity index (χ1v) is 8.03. The van der Waals surface area contributed by atoms with Crippen LogP contribution in [0.2, 0.25) is 0 Å². The first kappa shape index (κ1) is 16.7. The summed E-state index contributed by atoms with van der Waals surface area (Å²) in [6.45, 7) is 2.04. The second-order valence-electron chi connectivity index (χ2n) is 6.39. The van der Waals surface area contributed by atoms with Gasteiger partial charge in [-0.1, -0.05) is 19.8 Å². The smallest absolute Gasteiger partial charge is 0.382 e. The number of nitrogens with two attached hydrogens (primary N) is 1. The van der Waals surface area contributed by atoms with E-state index in [9.17, 15) is 18.0 Å². The van der Waals surface area contributed by atoms with Crippen molar-refractivity contribution < 1.29 is 18.0 Å². The van der Waals surface area contributed by atoms with E-state index in [-0.39, 0.29) is 35.3 Å². The third-order valence-electron chi connectivity index (χ3n) is 4.56. The summed E-state index contributed by atoms with van der Waals surface area (Å²) < 4.78 is 41.1. The van der Waals surface area contributed by atoms with Gasteiger partial charge >= 0.3 is 6.18 Å². The molecule has 24 heavy (non-hydrogen) atoms. The molecular weight excluding hydrogens is 321 g/mol. The highest BCUT2D eigenvalue weighted by Crippen LogP contribution is 2.37. The van der Waals surface area contributed by atoms with Crippen LogP contribution in [0.1, 0.15) is 44.0 Å². The molecule has 2 aromatic rings. The number of halogens is 3. The van der Waals surface area contributed by atoms with Crippen molar-refractivity contribution in [3.05, 3.63) is 23.5 Å². The zero-order chi connectivity index (χ0) is 17.5. The van der Waals surface area contributed by atoms with Gasteiger partial charge in [-0.05, 0) is 24.5 Å². The average molecular weight is 340 g/mol. The summed E-state index contributed by atoms with van der Waals surface area (Å²) >= 11 is 0. The molecule has 1 fully saturated rings. The van der Waals surface area contributed by atoms with E-state index in [0.29, 0.717) is 12.8 Å². The van der Waals surface area contributed by atoms with Crippen molar-refractivity contribution in [3.8, 4) is 0 Å². The van der Waals surface area contributed by atoms with E-state index in [1.165, 1.54) is 12.1 Å². The fourth-order valence-corrected chi connectivity index (χ4v) is 3.53. The molecule has 2 heterocycles. The Bertz CT molecular complexity index is 769. The molecule has 0 spiro atoms. The monoisotopic (exact) mass is 340 g/mol. The van der Waals surface area contributed by atoms with Gasteiger partial charge in [0.15, 0.2) is 11.3 Å². The maximum absolute atomic E-state index is 13.3. The van der Waals surface area contributed by atoms with Crippen molar-refractivity contribution in [1.29, 1.82) is 0 Å². The molecule has 2 atom stereocenters. The molecule has 0 aromatic carbocycles. The number of carbonyl (C=O) groups is 1. The lowest BCUT2D eigenvalue weighted by Crippen LogP contribution is -2.17. The van der Waals surface area contributed by atoms with Gasteiger partial charge in [0.1, 0.15) is 11.6 Å². The van der Waals surface area contributed by atoms with Gasteiger partial charge in [-0.2, -0.15) is 13.2 Å². The van der Waals surface area contributed by atoms with Gasteiger partial charge in [-0.15, -0.1) is 5.10 Å².